The molecule has 88 valence electrons. The van der Waals surface area contributed by atoms with Gasteiger partial charge in [-0.3, -0.25) is 14.4 Å². The third-order valence-electron chi connectivity index (χ3n) is 2.81. The first-order valence-electron chi connectivity index (χ1n) is 5.02. The lowest BCUT2D eigenvalue weighted by Gasteiger charge is -2.17. The second-order valence-corrected chi connectivity index (χ2v) is 3.87. The van der Waals surface area contributed by atoms with Crippen LogP contribution in [0.5, 0.6) is 0 Å². The van der Waals surface area contributed by atoms with Gasteiger partial charge in [-0.1, -0.05) is 0 Å². The molecule has 0 spiro atoms. The van der Waals surface area contributed by atoms with E-state index in [0.29, 0.717) is 0 Å². The van der Waals surface area contributed by atoms with E-state index < -0.39 is 0 Å². The summed E-state index contributed by atoms with van der Waals surface area (Å²) in [5.74, 6) is -0.662. The molecule has 0 amide bonds. The first kappa shape index (κ1) is 11.3. The molecule has 0 bridgehead atoms. The first-order valence-corrected chi connectivity index (χ1v) is 5.02. The van der Waals surface area contributed by atoms with Gasteiger partial charge in [-0.25, -0.2) is 0 Å². The summed E-state index contributed by atoms with van der Waals surface area (Å²) in [6, 6.07) is 1.19. The molecular weight excluding hydrogens is 222 g/mol. The minimum Gasteiger partial charge on any atom is -0.492 e. The van der Waals surface area contributed by atoms with Crippen molar-refractivity contribution in [3.63, 3.8) is 0 Å². The van der Waals surface area contributed by atoms with Gasteiger partial charge in [0.15, 0.2) is 11.5 Å². The Morgan fingerprint density at radius 1 is 1.12 bits per heavy atom. The predicted octanol–water partition coefficient (Wildman–Crippen LogP) is 0.685. The number of methoxy groups -OCH3 is 1. The molecular formula is C12H11NO4. The van der Waals surface area contributed by atoms with Crippen molar-refractivity contribution in [3.8, 4) is 0 Å². The van der Waals surface area contributed by atoms with Crippen LogP contribution in [0.3, 0.4) is 0 Å². The number of hydrogen-bond donors (Lipinski definition) is 0. The Balaban J connectivity index is 2.77. The number of ether oxygens (including phenoxy) is 1. The molecule has 2 rings (SSSR count). The van der Waals surface area contributed by atoms with Gasteiger partial charge in [0.25, 0.3) is 5.56 Å². The van der Waals surface area contributed by atoms with E-state index in [1.54, 1.807) is 0 Å². The van der Waals surface area contributed by atoms with Crippen LogP contribution >= 0.6 is 0 Å². The Kier molecular flexibility index (Phi) is 2.46. The number of carbonyl (C=O) groups excluding carboxylic acids is 2. The molecule has 0 aromatic carbocycles. The molecule has 0 saturated heterocycles. The van der Waals surface area contributed by atoms with E-state index in [0.717, 1.165) is 0 Å². The standard InChI is InChI=1S/C12H11NO4/c1-6-10(15)7-4-9(14)13(2)5-8(7)11(16)12(6)17-3/h4-5H,1-3H3. The fourth-order valence-electron chi connectivity index (χ4n) is 1.84. The van der Waals surface area contributed by atoms with Crippen molar-refractivity contribution < 1.29 is 14.3 Å². The van der Waals surface area contributed by atoms with Gasteiger partial charge in [0.2, 0.25) is 5.78 Å². The van der Waals surface area contributed by atoms with Crippen LogP contribution < -0.4 is 5.56 Å². The van der Waals surface area contributed by atoms with E-state index >= 15 is 0 Å². The number of ketones is 2. The molecule has 1 aliphatic rings. The number of fused-ring (bicyclic) bond motifs is 1. The number of aromatic nitrogens is 1. The normalized spacial score (nSPS) is 15.0. The number of rotatable bonds is 1. The molecule has 0 radical (unpaired) electrons. The Morgan fingerprint density at radius 2 is 1.76 bits per heavy atom. The molecule has 1 aromatic heterocycles. The van der Waals surface area contributed by atoms with Crippen LogP contribution in [0.15, 0.2) is 28.4 Å². The van der Waals surface area contributed by atoms with Crippen molar-refractivity contribution in [3.05, 3.63) is 45.1 Å². The van der Waals surface area contributed by atoms with Crippen molar-refractivity contribution in [1.29, 1.82) is 0 Å². The fraction of sp³-hybridized carbons (Fsp3) is 0.250. The van der Waals surface area contributed by atoms with E-state index in [4.69, 9.17) is 4.74 Å². The van der Waals surface area contributed by atoms with Crippen LogP contribution in [0.2, 0.25) is 0 Å². The SMILES string of the molecule is COC1=C(C)C(=O)c2cc(=O)n(C)cc2C1=O. The van der Waals surface area contributed by atoms with Gasteiger partial charge >= 0.3 is 0 Å². The van der Waals surface area contributed by atoms with Gasteiger partial charge in [0, 0.05) is 30.4 Å². The largest absolute Gasteiger partial charge is 0.492 e. The van der Waals surface area contributed by atoms with Crippen LogP contribution in [-0.2, 0) is 11.8 Å². The molecule has 5 heteroatoms. The maximum atomic E-state index is 12.0. The van der Waals surface area contributed by atoms with Crippen molar-refractivity contribution >= 4 is 11.6 Å². The molecule has 0 unspecified atom stereocenters. The van der Waals surface area contributed by atoms with Crippen LogP contribution in [0.4, 0.5) is 0 Å². The van der Waals surface area contributed by atoms with Gasteiger partial charge in [0.1, 0.15) is 0 Å². The van der Waals surface area contributed by atoms with Crippen LogP contribution in [-0.4, -0.2) is 23.2 Å². The highest BCUT2D eigenvalue weighted by Crippen LogP contribution is 2.25. The second-order valence-electron chi connectivity index (χ2n) is 3.87. The smallest absolute Gasteiger partial charge is 0.251 e. The van der Waals surface area contributed by atoms with Gasteiger partial charge in [0.05, 0.1) is 12.7 Å². The van der Waals surface area contributed by atoms with Crippen molar-refractivity contribution in [2.75, 3.05) is 7.11 Å². The lowest BCUT2D eigenvalue weighted by molar-refractivity contribution is 0.0905. The van der Waals surface area contributed by atoms with Gasteiger partial charge < -0.3 is 9.30 Å². The number of nitrogens with zero attached hydrogens (tertiary/aromatic N) is 1. The number of allylic oxidation sites excluding steroid dienone is 2. The zero-order chi connectivity index (χ0) is 12.7. The first-order chi connectivity index (χ1) is 7.97. The second kappa shape index (κ2) is 3.69. The van der Waals surface area contributed by atoms with Crippen molar-refractivity contribution in [2.24, 2.45) is 7.05 Å². The van der Waals surface area contributed by atoms with Gasteiger partial charge in [-0.2, -0.15) is 0 Å². The molecule has 1 aliphatic carbocycles. The summed E-state index contributed by atoms with van der Waals surface area (Å²) >= 11 is 0. The summed E-state index contributed by atoms with van der Waals surface area (Å²) < 4.78 is 6.20. The van der Waals surface area contributed by atoms with Crippen molar-refractivity contribution in [2.45, 2.75) is 6.92 Å². The summed E-state index contributed by atoms with van der Waals surface area (Å²) in [7, 11) is 2.87. The van der Waals surface area contributed by atoms with E-state index in [1.165, 1.54) is 37.9 Å². The third-order valence-corrected chi connectivity index (χ3v) is 2.81. The molecule has 1 heterocycles. The highest BCUT2D eigenvalue weighted by molar-refractivity contribution is 6.25. The summed E-state index contributed by atoms with van der Waals surface area (Å²) in [5.41, 5.74) is 0.271. The zero-order valence-corrected chi connectivity index (χ0v) is 9.73. The average molecular weight is 233 g/mol. The summed E-state index contributed by atoms with van der Waals surface area (Å²) in [6.07, 6.45) is 1.36. The van der Waals surface area contributed by atoms with E-state index in [1.807, 2.05) is 0 Å². The maximum absolute atomic E-state index is 12.0. The van der Waals surface area contributed by atoms with Crippen LogP contribution in [0.25, 0.3) is 0 Å². The quantitative estimate of drug-likeness (QED) is 0.715. The monoisotopic (exact) mass is 233 g/mol. The zero-order valence-electron chi connectivity index (χ0n) is 9.73. The maximum Gasteiger partial charge on any atom is 0.251 e. The minimum absolute atomic E-state index is 0.0427. The highest BCUT2D eigenvalue weighted by atomic mass is 16.5. The summed E-state index contributed by atoms with van der Waals surface area (Å²) in [5, 5.41) is 0. The third kappa shape index (κ3) is 1.51. The molecule has 0 N–H and O–H groups in total. The molecule has 0 fully saturated rings. The average Bonchev–Trinajstić information content (AvgIpc) is 2.30. The molecule has 0 saturated carbocycles. The Morgan fingerprint density at radius 3 is 2.35 bits per heavy atom. The highest BCUT2D eigenvalue weighted by Gasteiger charge is 2.31. The number of Topliss-reactive ketones (excluding diaryl/α,β-unsaturated/α-hetero) is 2. The lowest BCUT2D eigenvalue weighted by atomic mass is 9.90. The van der Waals surface area contributed by atoms with Gasteiger partial charge in [-0.15, -0.1) is 0 Å². The molecule has 5 nitrogen and oxygen atoms in total. The lowest BCUT2D eigenvalue weighted by Crippen LogP contribution is -2.27. The Labute approximate surface area is 97.3 Å². The van der Waals surface area contributed by atoms with Crippen LogP contribution in [0.1, 0.15) is 27.6 Å². The molecule has 0 atom stereocenters. The number of aryl methyl sites for hydroxylation is 1. The fourth-order valence-corrected chi connectivity index (χ4v) is 1.84. The predicted molar refractivity (Wildman–Crippen MR) is 60.1 cm³/mol. The number of carbonyl (C=O) groups is 2. The Hall–Kier alpha value is -2.17. The number of hydrogen-bond acceptors (Lipinski definition) is 4. The summed E-state index contributed by atoms with van der Waals surface area (Å²) in [6.45, 7) is 1.51. The van der Waals surface area contributed by atoms with Crippen LogP contribution in [0, 0.1) is 0 Å². The van der Waals surface area contributed by atoms with E-state index in [-0.39, 0.29) is 39.6 Å². The Bertz CT molecular complexity index is 622. The van der Waals surface area contributed by atoms with Crippen molar-refractivity contribution in [1.82, 2.24) is 4.57 Å². The molecule has 17 heavy (non-hydrogen) atoms. The van der Waals surface area contributed by atoms with Gasteiger partial charge in [-0.05, 0) is 6.92 Å². The number of pyridine rings is 1. The summed E-state index contributed by atoms with van der Waals surface area (Å²) in [4.78, 5) is 35.4. The van der Waals surface area contributed by atoms with E-state index in [2.05, 4.69) is 0 Å². The molecule has 1 aromatic rings. The van der Waals surface area contributed by atoms with E-state index in [9.17, 15) is 14.4 Å². The topological polar surface area (TPSA) is 65.4 Å². The minimum atomic E-state index is -0.366. The molecule has 0 aliphatic heterocycles.